The first kappa shape index (κ1) is 104. The molecule has 18 nitrogen and oxygen atoms in total. The number of β-amino-alcohol motifs (C(OH)–C–C–N with tert-alkyl or cyclic N) is 1. The molecule has 0 saturated carbocycles. The summed E-state index contributed by atoms with van der Waals surface area (Å²) in [6, 6.07) is 56.6. The van der Waals surface area contributed by atoms with Gasteiger partial charge in [0.1, 0.15) is 17.2 Å². The van der Waals surface area contributed by atoms with Crippen LogP contribution in [0, 0.1) is 0 Å². The van der Waals surface area contributed by atoms with Gasteiger partial charge in [0.2, 0.25) is 5.91 Å². The van der Waals surface area contributed by atoms with E-state index in [1.807, 2.05) is 11.8 Å². The summed E-state index contributed by atoms with van der Waals surface area (Å²) >= 11 is 0. The van der Waals surface area contributed by atoms with E-state index in [-0.39, 0.29) is 55.5 Å². The Morgan fingerprint density at radius 2 is 0.705 bits per heavy atom. The molecule has 0 aromatic heterocycles. The van der Waals surface area contributed by atoms with E-state index in [1.165, 1.54) is 125 Å². The summed E-state index contributed by atoms with van der Waals surface area (Å²) in [6.45, 7) is 82.2. The summed E-state index contributed by atoms with van der Waals surface area (Å²) in [4.78, 5) is 37.4. The second-order valence-corrected chi connectivity index (χ2v) is 45.2. The highest BCUT2D eigenvalue weighted by Gasteiger charge is 2.45. The van der Waals surface area contributed by atoms with Crippen molar-refractivity contribution < 1.29 is 28.8 Å². The van der Waals surface area contributed by atoms with Crippen molar-refractivity contribution in [1.29, 1.82) is 0 Å². The predicted octanol–water partition coefficient (Wildman–Crippen LogP) is 20.5. The molecule has 3 N–H and O–H groups in total. The molecule has 18 heteroatoms. The van der Waals surface area contributed by atoms with Gasteiger partial charge in [0.05, 0.1) is 56.2 Å². The topological polar surface area (TPSA) is 136 Å². The number of rotatable bonds is 12. The zero-order valence-electron chi connectivity index (χ0n) is 86.2. The summed E-state index contributed by atoms with van der Waals surface area (Å²) in [5, 5.41) is 9.81. The number of anilines is 7. The summed E-state index contributed by atoms with van der Waals surface area (Å²) in [5.41, 5.74) is 25.2. The molecular formula is C111H174N12O6. The largest absolute Gasteiger partial charge is 0.495 e. The van der Waals surface area contributed by atoms with E-state index in [4.69, 9.17) is 24.7 Å². The number of nitrogens with zero attached hydrogens (tertiary/aromatic N) is 11. The highest BCUT2D eigenvalue weighted by Crippen LogP contribution is 2.44. The minimum Gasteiger partial charge on any atom is -0.495 e. The highest BCUT2D eigenvalue weighted by molar-refractivity contribution is 5.73. The number of hydrogen-bond donors (Lipinski definition) is 2. The Labute approximate surface area is 783 Å². The van der Waals surface area contributed by atoms with Crippen molar-refractivity contribution >= 4 is 45.7 Å². The van der Waals surface area contributed by atoms with Gasteiger partial charge in [0.25, 0.3) is 0 Å². The lowest BCUT2D eigenvalue weighted by molar-refractivity contribution is -0.130. The van der Waals surface area contributed by atoms with E-state index in [0.717, 1.165) is 134 Å². The average Bonchev–Trinajstić information content (AvgIpc) is 1.59. The molecule has 2 atom stereocenters. The lowest BCUT2D eigenvalue weighted by Gasteiger charge is -2.46. The van der Waals surface area contributed by atoms with Crippen molar-refractivity contribution in [2.45, 2.75) is 260 Å². The number of methoxy groups -OCH3 is 3. The van der Waals surface area contributed by atoms with Gasteiger partial charge in [-0.1, -0.05) is 219 Å². The van der Waals surface area contributed by atoms with Crippen LogP contribution in [-0.4, -0.2) is 239 Å². The Balaban J connectivity index is 0.000000170. The standard InChI is InChI=1S/C17H28N2.C17H25NO2.C16H24N2O.C16H26N2.C15H24N2O.C15H24N2.C15H23NO2/c1-14(2)18-10-12-19(13-11-18)16-8-6-15(7-9-16)17(3,4)5;1-16(2,3)13-5-6-14(15(11-13)19-4)18-9-7-17(12-18)8-10-20-17;1-13(19)17-9-11-18(12-10-17)15-7-5-14(6-8-15)16(2,3)4;1-5-17-10-12-18(13-11-17)15-8-6-14(7-9-15)16(2,3)4;1-15(2,3)11-5-6-13(14(9-11)18-4)17-8-7-12(16)10-17;1-15(2,3)13-5-7-14(8-6-13)17-11-9-16(4)10-12-17;1-14(2,3)11-6-7-12(13(8-11)18-5)16-9-15(4,17)10-16/h6-9,14H,10-13H2,1-5H3;5-6,11H,7-10,12H2,1-4H3;5-8H,9-12H2,1-4H3;6-9H,5,10-13H2,1-4H3;5-6,9,12H,7-8,10,16H2,1-4H3;5-8H,9-12H2,1-4H3;6-8,17H,9-10H2,1-5H3. The Morgan fingerprint density at radius 3 is 0.969 bits per heavy atom. The summed E-state index contributed by atoms with van der Waals surface area (Å²) in [7, 11) is 7.39. The van der Waals surface area contributed by atoms with Gasteiger partial charge in [-0.05, 0) is 209 Å². The fourth-order valence-electron chi connectivity index (χ4n) is 17.8. The Kier molecular flexibility index (Phi) is 36.1. The number of aliphatic hydroxyl groups is 1. The maximum absolute atomic E-state index is 11.3. The van der Waals surface area contributed by atoms with Crippen molar-refractivity contribution in [3.05, 3.63) is 191 Å². The molecule has 8 aliphatic rings. The quantitative estimate of drug-likeness (QED) is 0.120. The average molecular weight is 1770 g/mol. The fourth-order valence-corrected chi connectivity index (χ4v) is 17.8. The summed E-state index contributed by atoms with van der Waals surface area (Å²) in [5.74, 6) is 3.01. The number of ether oxygens (including phenoxy) is 4. The molecule has 7 aromatic carbocycles. The van der Waals surface area contributed by atoms with Crippen LogP contribution in [0.15, 0.2) is 152 Å². The van der Waals surface area contributed by atoms with Gasteiger partial charge in [0, 0.05) is 192 Å². The lowest BCUT2D eigenvalue weighted by Crippen LogP contribution is -2.60. The normalized spacial score (nSPS) is 19.5. The van der Waals surface area contributed by atoms with Crippen LogP contribution < -0.4 is 54.2 Å². The van der Waals surface area contributed by atoms with Crippen LogP contribution in [-0.2, 0) is 47.4 Å². The van der Waals surface area contributed by atoms with Crippen molar-refractivity contribution in [2.75, 3.05) is 220 Å². The smallest absolute Gasteiger partial charge is 0.219 e. The van der Waals surface area contributed by atoms with Crippen molar-refractivity contribution in [3.63, 3.8) is 0 Å². The molecule has 714 valence electrons. The molecule has 0 bridgehead atoms. The monoisotopic (exact) mass is 1770 g/mol. The number of amides is 1. The van der Waals surface area contributed by atoms with E-state index in [0.29, 0.717) is 19.1 Å². The Bertz CT molecular complexity index is 4550. The maximum Gasteiger partial charge on any atom is 0.219 e. The minimum atomic E-state index is -0.562. The molecule has 0 aliphatic carbocycles. The van der Waals surface area contributed by atoms with Crippen LogP contribution in [0.5, 0.6) is 17.2 Å². The first-order valence-corrected chi connectivity index (χ1v) is 48.6. The number of likely N-dealkylation sites (N-methyl/N-ethyl adjacent to an activating group) is 2. The molecule has 15 rings (SSSR count). The van der Waals surface area contributed by atoms with Gasteiger partial charge >= 0.3 is 0 Å². The van der Waals surface area contributed by atoms with Gasteiger partial charge in [-0.25, -0.2) is 0 Å². The van der Waals surface area contributed by atoms with Crippen LogP contribution in [0.3, 0.4) is 0 Å². The Hall–Kier alpha value is -8.23. The number of benzene rings is 7. The molecule has 0 radical (unpaired) electrons. The zero-order chi connectivity index (χ0) is 95.0. The third kappa shape index (κ3) is 30.1. The molecule has 1 amide bonds. The molecule has 8 saturated heterocycles. The molecule has 8 fully saturated rings. The van der Waals surface area contributed by atoms with Gasteiger partial charge in [0.15, 0.2) is 0 Å². The van der Waals surface area contributed by atoms with Gasteiger partial charge in [-0.15, -0.1) is 0 Å². The Morgan fingerprint density at radius 1 is 0.403 bits per heavy atom. The molecule has 129 heavy (non-hydrogen) atoms. The van der Waals surface area contributed by atoms with Crippen molar-refractivity contribution in [3.8, 4) is 17.2 Å². The molecule has 8 heterocycles. The predicted molar refractivity (Wildman–Crippen MR) is 551 cm³/mol. The van der Waals surface area contributed by atoms with Crippen LogP contribution >= 0.6 is 0 Å². The van der Waals surface area contributed by atoms with Crippen LogP contribution in [0.1, 0.15) is 238 Å². The molecule has 7 aromatic rings. The van der Waals surface area contributed by atoms with Gasteiger partial charge in [-0.2, -0.15) is 0 Å². The molecule has 1 spiro atoms. The van der Waals surface area contributed by atoms with E-state index < -0.39 is 5.60 Å². The van der Waals surface area contributed by atoms with E-state index >= 15 is 0 Å². The highest BCUT2D eigenvalue weighted by atomic mass is 16.5. The summed E-state index contributed by atoms with van der Waals surface area (Å²) in [6.07, 6.45) is 3.40. The second-order valence-electron chi connectivity index (χ2n) is 45.2. The number of carbonyl (C=O) groups is 1. The number of nitrogens with two attached hydrogens (primary N) is 1. The third-order valence-electron chi connectivity index (χ3n) is 27.2. The number of hydrogen-bond acceptors (Lipinski definition) is 17. The molecule has 8 aliphatic heterocycles. The maximum atomic E-state index is 11.3. The van der Waals surface area contributed by atoms with E-state index in [9.17, 15) is 9.90 Å². The fraction of sp³-hybridized carbons (Fsp3) is 0.613. The first-order valence-electron chi connectivity index (χ1n) is 48.6. The van der Waals surface area contributed by atoms with Crippen LogP contribution in [0.4, 0.5) is 39.8 Å². The summed E-state index contributed by atoms with van der Waals surface area (Å²) < 4.78 is 22.5. The molecule has 2 unspecified atom stereocenters. The second kappa shape index (κ2) is 44.5. The number of piperazine rings is 4. The van der Waals surface area contributed by atoms with Crippen molar-refractivity contribution in [1.82, 2.24) is 19.6 Å². The molecular weight excluding hydrogens is 1600 g/mol. The third-order valence-corrected chi connectivity index (χ3v) is 27.2. The lowest BCUT2D eigenvalue weighted by atomic mass is 9.86. The minimum absolute atomic E-state index is 0.117. The van der Waals surface area contributed by atoms with E-state index in [2.05, 4.69) is 374 Å². The van der Waals surface area contributed by atoms with Crippen molar-refractivity contribution in [2.24, 2.45) is 5.73 Å². The SMILES string of the molecule is CC(=O)N1CCN(c2ccc(C(C)(C)C)cc2)CC1.CC(C)N1CCN(c2ccc(C(C)(C)C)cc2)CC1.CCN1CCN(c2ccc(C(C)(C)C)cc2)CC1.CN1CCN(c2ccc(C(C)(C)C)cc2)CC1.COc1cc(C(C)(C)C)ccc1N1CC(C)(O)C1.COc1cc(C(C)(C)C)ccc1N1CCC(N)C1.COc1cc(C(C)(C)C)ccc1N1CCC2(CCO2)C1. The van der Waals surface area contributed by atoms with Gasteiger partial charge in [-0.3, -0.25) is 9.69 Å². The zero-order valence-corrected chi connectivity index (χ0v) is 86.2. The first-order chi connectivity index (χ1) is 60.3. The van der Waals surface area contributed by atoms with Crippen LogP contribution in [0.25, 0.3) is 0 Å². The van der Waals surface area contributed by atoms with E-state index in [1.54, 1.807) is 28.3 Å². The van der Waals surface area contributed by atoms with Crippen LogP contribution in [0.2, 0.25) is 0 Å². The number of carbonyl (C=O) groups excluding carboxylic acids is 1. The van der Waals surface area contributed by atoms with Gasteiger partial charge < -0.3 is 78.8 Å².